The van der Waals surface area contributed by atoms with Gasteiger partial charge in [-0.3, -0.25) is 0 Å². The van der Waals surface area contributed by atoms with Crippen LogP contribution in [0.4, 0.5) is 0 Å². The maximum absolute atomic E-state index is 11.3. The zero-order chi connectivity index (χ0) is 14.6. The molecule has 0 saturated heterocycles. The quantitative estimate of drug-likeness (QED) is 0.372. The minimum absolute atomic E-state index is 0.175. The first-order valence-corrected chi connectivity index (χ1v) is 10.3. The number of hydrogen-bond acceptors (Lipinski definition) is 3. The first-order chi connectivity index (χ1) is 8.74. The molecule has 0 aromatic rings. The van der Waals surface area contributed by atoms with E-state index in [1.54, 1.807) is 6.92 Å². The number of ether oxygens (including phenoxy) is 1. The van der Waals surface area contributed by atoms with Crippen LogP contribution in [0.2, 0.25) is 19.6 Å². The first-order valence-electron chi connectivity index (χ1n) is 6.80. The lowest BCUT2D eigenvalue weighted by Crippen LogP contribution is -2.18. The summed E-state index contributed by atoms with van der Waals surface area (Å²) < 4.78 is 4.88. The number of aliphatic hydroxyl groups excluding tert-OH is 1. The second-order valence-corrected chi connectivity index (χ2v) is 10.9. The van der Waals surface area contributed by atoms with Crippen LogP contribution in [-0.2, 0) is 9.53 Å². The normalized spacial score (nSPS) is 24.2. The van der Waals surface area contributed by atoms with E-state index in [4.69, 9.17) is 4.74 Å². The molecule has 1 rings (SSSR count). The van der Waals surface area contributed by atoms with E-state index in [1.807, 2.05) is 6.92 Å². The Kier molecular flexibility index (Phi) is 5.39. The number of aliphatic hydroxyl groups is 1. The molecule has 0 radical (unpaired) electrons. The van der Waals surface area contributed by atoms with E-state index < -0.39 is 14.2 Å². The fourth-order valence-corrected chi connectivity index (χ4v) is 2.54. The predicted octanol–water partition coefficient (Wildman–Crippen LogP) is 2.37. The molecule has 0 aromatic carbocycles. The zero-order valence-corrected chi connectivity index (χ0v) is 13.5. The Labute approximate surface area is 117 Å². The number of hydrogen-bond donors (Lipinski definition) is 1. The van der Waals surface area contributed by atoms with E-state index >= 15 is 0 Å². The van der Waals surface area contributed by atoms with Gasteiger partial charge < -0.3 is 9.84 Å². The Bertz CT molecular complexity index is 423. The number of carbonyl (C=O) groups is 1. The van der Waals surface area contributed by atoms with Crippen LogP contribution in [0.15, 0.2) is 11.6 Å². The lowest BCUT2D eigenvalue weighted by atomic mass is 10.1. The van der Waals surface area contributed by atoms with E-state index in [9.17, 15) is 9.90 Å². The van der Waals surface area contributed by atoms with Crippen molar-refractivity contribution in [3.8, 4) is 11.5 Å². The van der Waals surface area contributed by atoms with Crippen molar-refractivity contribution in [2.24, 2.45) is 11.8 Å². The van der Waals surface area contributed by atoms with Crippen molar-refractivity contribution in [3.05, 3.63) is 11.6 Å². The summed E-state index contributed by atoms with van der Waals surface area (Å²) in [6.07, 6.45) is 1.87. The number of allylic oxidation sites excluding steroid dienone is 1. The van der Waals surface area contributed by atoms with Gasteiger partial charge in [0.25, 0.3) is 0 Å². The molecule has 106 valence electrons. The van der Waals surface area contributed by atoms with Crippen LogP contribution in [0, 0.1) is 23.3 Å². The highest BCUT2D eigenvalue weighted by molar-refractivity contribution is 6.83. The van der Waals surface area contributed by atoms with Crippen molar-refractivity contribution >= 4 is 14.0 Å². The molecular weight excluding hydrogens is 256 g/mol. The molecule has 4 heteroatoms. The van der Waals surface area contributed by atoms with E-state index in [0.29, 0.717) is 6.61 Å². The molecule has 1 aliphatic carbocycles. The van der Waals surface area contributed by atoms with Gasteiger partial charge >= 0.3 is 5.97 Å². The fraction of sp³-hybridized carbons (Fsp3) is 0.667. The molecular formula is C15H24O3Si. The van der Waals surface area contributed by atoms with Crippen LogP contribution >= 0.6 is 0 Å². The van der Waals surface area contributed by atoms with Gasteiger partial charge in [-0.15, -0.1) is 5.54 Å². The largest absolute Gasteiger partial charge is 0.463 e. The standard InChI is InChI=1S/C15H24O3Si/c1-6-18-15(17)9-11(2)12-10-13(12)14(16)7-8-19(3,4)5/h9,12-14,16H,6,10H2,1-5H3/b11-9+/t12-,13-,14?/m0/s1. The van der Waals surface area contributed by atoms with Crippen molar-refractivity contribution in [2.45, 2.75) is 46.0 Å². The molecule has 1 N–H and O–H groups in total. The summed E-state index contributed by atoms with van der Waals surface area (Å²) in [5.41, 5.74) is 4.17. The van der Waals surface area contributed by atoms with Crippen LogP contribution in [0.5, 0.6) is 0 Å². The topological polar surface area (TPSA) is 46.5 Å². The monoisotopic (exact) mass is 280 g/mol. The molecule has 1 saturated carbocycles. The molecule has 1 aliphatic rings. The minimum atomic E-state index is -1.43. The summed E-state index contributed by atoms with van der Waals surface area (Å²) in [7, 11) is -1.43. The highest BCUT2D eigenvalue weighted by Gasteiger charge is 2.43. The molecule has 0 heterocycles. The second-order valence-electron chi connectivity index (χ2n) is 6.11. The van der Waals surface area contributed by atoms with E-state index in [2.05, 4.69) is 31.1 Å². The van der Waals surface area contributed by atoms with E-state index in [0.717, 1.165) is 12.0 Å². The van der Waals surface area contributed by atoms with Gasteiger partial charge in [0.05, 0.1) is 6.61 Å². The van der Waals surface area contributed by atoms with E-state index in [-0.39, 0.29) is 17.8 Å². The lowest BCUT2D eigenvalue weighted by molar-refractivity contribution is -0.137. The second kappa shape index (κ2) is 6.40. The average molecular weight is 280 g/mol. The van der Waals surface area contributed by atoms with Gasteiger partial charge in [-0.05, 0) is 26.2 Å². The smallest absolute Gasteiger partial charge is 0.330 e. The van der Waals surface area contributed by atoms with Gasteiger partial charge in [0.15, 0.2) is 0 Å². The van der Waals surface area contributed by atoms with Crippen molar-refractivity contribution in [1.29, 1.82) is 0 Å². The maximum atomic E-state index is 11.3. The molecule has 1 unspecified atom stereocenters. The van der Waals surface area contributed by atoms with Crippen LogP contribution in [0.3, 0.4) is 0 Å². The van der Waals surface area contributed by atoms with Crippen molar-refractivity contribution < 1.29 is 14.6 Å². The van der Waals surface area contributed by atoms with Crippen LogP contribution in [0.25, 0.3) is 0 Å². The lowest BCUT2D eigenvalue weighted by Gasteiger charge is -2.07. The average Bonchev–Trinajstić information content (AvgIpc) is 3.05. The highest BCUT2D eigenvalue weighted by Crippen LogP contribution is 2.46. The fourth-order valence-electron chi connectivity index (χ4n) is 1.96. The summed E-state index contributed by atoms with van der Waals surface area (Å²) >= 11 is 0. The van der Waals surface area contributed by atoms with Crippen molar-refractivity contribution in [3.63, 3.8) is 0 Å². The van der Waals surface area contributed by atoms with Gasteiger partial charge in [0.1, 0.15) is 14.2 Å². The van der Waals surface area contributed by atoms with Crippen LogP contribution in [-0.4, -0.2) is 31.9 Å². The van der Waals surface area contributed by atoms with E-state index in [1.165, 1.54) is 6.08 Å². The molecule has 0 aliphatic heterocycles. The van der Waals surface area contributed by atoms with Gasteiger partial charge in [0.2, 0.25) is 0 Å². The highest BCUT2D eigenvalue weighted by atomic mass is 28.3. The Hall–Kier alpha value is -1.05. The minimum Gasteiger partial charge on any atom is -0.463 e. The summed E-state index contributed by atoms with van der Waals surface area (Å²) in [5, 5.41) is 10.0. The predicted molar refractivity (Wildman–Crippen MR) is 79.1 cm³/mol. The third-order valence-electron chi connectivity index (χ3n) is 3.06. The van der Waals surface area contributed by atoms with Gasteiger partial charge in [-0.25, -0.2) is 4.79 Å². The zero-order valence-electron chi connectivity index (χ0n) is 12.5. The van der Waals surface area contributed by atoms with Crippen molar-refractivity contribution in [1.82, 2.24) is 0 Å². The number of rotatable bonds is 4. The SMILES string of the molecule is CCOC(=O)/C=C(\C)[C@@H]1C[C@@H]1C(O)C#C[Si](C)(C)C. The van der Waals surface area contributed by atoms with Crippen LogP contribution < -0.4 is 0 Å². The van der Waals surface area contributed by atoms with Gasteiger partial charge in [-0.1, -0.05) is 31.1 Å². The molecule has 0 aromatic heterocycles. The van der Waals surface area contributed by atoms with Crippen LogP contribution in [0.1, 0.15) is 20.3 Å². The Morgan fingerprint density at radius 3 is 2.68 bits per heavy atom. The Morgan fingerprint density at radius 2 is 2.16 bits per heavy atom. The maximum Gasteiger partial charge on any atom is 0.330 e. The molecule has 1 fully saturated rings. The number of carbonyl (C=O) groups excluding carboxylic acids is 1. The molecule has 3 atom stereocenters. The molecule has 3 nitrogen and oxygen atoms in total. The molecule has 0 bridgehead atoms. The summed E-state index contributed by atoms with van der Waals surface area (Å²) in [6.45, 7) is 10.6. The Balaban J connectivity index is 2.54. The molecule has 0 amide bonds. The first kappa shape index (κ1) is 16.0. The third kappa shape index (κ3) is 5.62. The summed E-state index contributed by atoms with van der Waals surface area (Å²) in [6, 6.07) is 0. The number of esters is 1. The Morgan fingerprint density at radius 1 is 1.53 bits per heavy atom. The third-order valence-corrected chi connectivity index (χ3v) is 3.95. The molecule has 0 spiro atoms. The molecule has 19 heavy (non-hydrogen) atoms. The van der Waals surface area contributed by atoms with Gasteiger partial charge in [0, 0.05) is 12.0 Å². The summed E-state index contributed by atoms with van der Waals surface area (Å²) in [4.78, 5) is 11.3. The van der Waals surface area contributed by atoms with Gasteiger partial charge in [-0.2, -0.15) is 0 Å². The summed E-state index contributed by atoms with van der Waals surface area (Å²) in [5.74, 6) is 3.12. The van der Waals surface area contributed by atoms with Crippen molar-refractivity contribution in [2.75, 3.05) is 6.61 Å².